The van der Waals surface area contributed by atoms with E-state index in [-0.39, 0.29) is 35.9 Å². The molecule has 0 saturated carbocycles. The second-order valence-corrected chi connectivity index (χ2v) is 8.49. The maximum atomic E-state index is 11.6. The van der Waals surface area contributed by atoms with Crippen LogP contribution in [0.3, 0.4) is 0 Å². The number of phenolic OH excluding ortho intramolecular Hbond substituents is 2. The summed E-state index contributed by atoms with van der Waals surface area (Å²) in [4.78, 5) is 0. The van der Waals surface area contributed by atoms with Crippen molar-refractivity contribution in [1.82, 2.24) is 0 Å². The Labute approximate surface area is 173 Å². The van der Waals surface area contributed by atoms with E-state index in [0.29, 0.717) is 19.6 Å². The molecule has 0 amide bonds. The Morgan fingerprint density at radius 3 is 2.23 bits per heavy atom. The molecule has 0 radical (unpaired) electrons. The van der Waals surface area contributed by atoms with E-state index in [1.165, 1.54) is 0 Å². The molecule has 3 aromatic carbocycles. The van der Waals surface area contributed by atoms with Crippen LogP contribution in [0.4, 0.5) is 0 Å². The molecule has 3 aromatic rings. The summed E-state index contributed by atoms with van der Waals surface area (Å²) in [6.07, 6.45) is 0.492. The minimum Gasteiger partial charge on any atom is -0.507 e. The lowest BCUT2D eigenvalue weighted by atomic mass is 9.83. The van der Waals surface area contributed by atoms with Gasteiger partial charge in [0.25, 0.3) is 0 Å². The Balaban J connectivity index is 1.59. The average molecular weight is 400 g/mol. The highest BCUT2D eigenvalue weighted by atomic mass is 16.6. The molecule has 3 heterocycles. The van der Waals surface area contributed by atoms with Gasteiger partial charge in [0.2, 0.25) is 0 Å². The van der Waals surface area contributed by atoms with Gasteiger partial charge >= 0.3 is 0 Å². The van der Waals surface area contributed by atoms with E-state index in [1.54, 1.807) is 6.07 Å². The number of hydrogen-bond donors (Lipinski definition) is 2. The summed E-state index contributed by atoms with van der Waals surface area (Å²) < 4.78 is 17.9. The SMILES string of the molecule is Oc1cccc2c1-c1c(O)c(-c3ccccc3)c3c(c1C2)C1OC1COCC1OC31. The molecule has 3 aliphatic heterocycles. The third kappa shape index (κ3) is 2.23. The summed E-state index contributed by atoms with van der Waals surface area (Å²) in [6, 6.07) is 15.5. The first-order chi connectivity index (χ1) is 14.7. The molecule has 30 heavy (non-hydrogen) atoms. The summed E-state index contributed by atoms with van der Waals surface area (Å²) in [5.41, 5.74) is 7.37. The van der Waals surface area contributed by atoms with Gasteiger partial charge in [-0.05, 0) is 34.7 Å². The van der Waals surface area contributed by atoms with Crippen molar-refractivity contribution in [1.29, 1.82) is 0 Å². The molecule has 2 fully saturated rings. The van der Waals surface area contributed by atoms with E-state index in [0.717, 1.165) is 44.5 Å². The van der Waals surface area contributed by atoms with Crippen LogP contribution in [0, 0.1) is 0 Å². The second kappa shape index (κ2) is 5.85. The molecule has 7 rings (SSSR count). The summed E-state index contributed by atoms with van der Waals surface area (Å²) in [5, 5.41) is 22.3. The molecular weight excluding hydrogens is 380 g/mol. The molecule has 0 aromatic heterocycles. The van der Waals surface area contributed by atoms with Gasteiger partial charge in [0.1, 0.15) is 35.9 Å². The quantitative estimate of drug-likeness (QED) is 0.468. The number of hydrogen-bond acceptors (Lipinski definition) is 5. The number of aromatic hydroxyl groups is 2. The highest BCUT2D eigenvalue weighted by Crippen LogP contribution is 2.61. The van der Waals surface area contributed by atoms with Crippen molar-refractivity contribution in [2.45, 2.75) is 30.8 Å². The highest BCUT2D eigenvalue weighted by Gasteiger charge is 2.53. The van der Waals surface area contributed by atoms with Crippen LogP contribution >= 0.6 is 0 Å². The smallest absolute Gasteiger partial charge is 0.132 e. The van der Waals surface area contributed by atoms with Gasteiger partial charge in [-0.15, -0.1) is 0 Å². The summed E-state index contributed by atoms with van der Waals surface area (Å²) in [7, 11) is 0. The van der Waals surface area contributed by atoms with Crippen LogP contribution in [0.2, 0.25) is 0 Å². The molecule has 4 unspecified atom stereocenters. The maximum Gasteiger partial charge on any atom is 0.132 e. The van der Waals surface area contributed by atoms with Gasteiger partial charge in [-0.25, -0.2) is 0 Å². The Morgan fingerprint density at radius 2 is 1.47 bits per heavy atom. The molecule has 2 saturated heterocycles. The third-order valence-electron chi connectivity index (χ3n) is 6.77. The Bertz CT molecular complexity index is 1200. The number of ether oxygens (including phenoxy) is 3. The number of rotatable bonds is 1. The van der Waals surface area contributed by atoms with E-state index in [4.69, 9.17) is 14.2 Å². The largest absolute Gasteiger partial charge is 0.507 e. The van der Waals surface area contributed by atoms with Gasteiger partial charge < -0.3 is 24.4 Å². The van der Waals surface area contributed by atoms with E-state index < -0.39 is 0 Å². The van der Waals surface area contributed by atoms with Crippen LogP contribution in [0.25, 0.3) is 22.3 Å². The number of phenols is 2. The minimum absolute atomic E-state index is 0.00153. The fourth-order valence-electron chi connectivity index (χ4n) is 5.36. The Morgan fingerprint density at radius 1 is 0.733 bits per heavy atom. The molecule has 2 N–H and O–H groups in total. The van der Waals surface area contributed by atoms with Crippen molar-refractivity contribution >= 4 is 0 Å². The van der Waals surface area contributed by atoms with E-state index in [9.17, 15) is 10.2 Å². The van der Waals surface area contributed by atoms with Crippen molar-refractivity contribution in [2.24, 2.45) is 0 Å². The van der Waals surface area contributed by atoms with Crippen LogP contribution in [-0.2, 0) is 20.6 Å². The van der Waals surface area contributed by atoms with Crippen LogP contribution < -0.4 is 0 Å². The van der Waals surface area contributed by atoms with E-state index >= 15 is 0 Å². The predicted octanol–water partition coefficient (Wildman–Crippen LogP) is 4.25. The van der Waals surface area contributed by atoms with Crippen LogP contribution in [0.15, 0.2) is 48.5 Å². The molecule has 5 nitrogen and oxygen atoms in total. The number of benzene rings is 3. The van der Waals surface area contributed by atoms with Crippen molar-refractivity contribution in [3.8, 4) is 33.8 Å². The normalized spacial score (nSPS) is 27.5. The van der Waals surface area contributed by atoms with Gasteiger partial charge in [-0.1, -0.05) is 42.5 Å². The predicted molar refractivity (Wildman–Crippen MR) is 109 cm³/mol. The molecule has 150 valence electrons. The van der Waals surface area contributed by atoms with Gasteiger partial charge in [0.05, 0.1) is 13.2 Å². The van der Waals surface area contributed by atoms with Crippen molar-refractivity contribution < 1.29 is 24.4 Å². The molecule has 0 bridgehead atoms. The molecule has 4 atom stereocenters. The molecular formula is C25H20O5. The standard InChI is InChI=1S/C25H20O5/c26-15-8-4-7-13-9-14-20(18(13)15)23(27)19(12-5-2-1-3-6-12)22-21(14)24-16(29-24)10-28-11-17-25(22)30-17/h1-8,16-17,24-27H,9-11H2. The highest BCUT2D eigenvalue weighted by molar-refractivity contribution is 5.94. The Hall–Kier alpha value is -2.86. The maximum absolute atomic E-state index is 11.6. The van der Waals surface area contributed by atoms with Crippen molar-refractivity contribution in [2.75, 3.05) is 13.2 Å². The second-order valence-electron chi connectivity index (χ2n) is 8.49. The monoisotopic (exact) mass is 400 g/mol. The summed E-state index contributed by atoms with van der Waals surface area (Å²) in [6.45, 7) is 1.08. The van der Waals surface area contributed by atoms with Gasteiger partial charge in [0, 0.05) is 22.3 Å². The van der Waals surface area contributed by atoms with Crippen LogP contribution in [0.1, 0.15) is 34.5 Å². The third-order valence-corrected chi connectivity index (χ3v) is 6.77. The van der Waals surface area contributed by atoms with Crippen LogP contribution in [-0.4, -0.2) is 35.6 Å². The lowest BCUT2D eigenvalue weighted by molar-refractivity contribution is 0.102. The van der Waals surface area contributed by atoms with Gasteiger partial charge in [0.15, 0.2) is 0 Å². The number of epoxide rings is 2. The van der Waals surface area contributed by atoms with Crippen molar-refractivity contribution in [3.63, 3.8) is 0 Å². The summed E-state index contributed by atoms with van der Waals surface area (Å²) in [5.74, 6) is 0.405. The van der Waals surface area contributed by atoms with Gasteiger partial charge in [-0.2, -0.15) is 0 Å². The zero-order chi connectivity index (χ0) is 20.0. The molecule has 0 spiro atoms. The first kappa shape index (κ1) is 16.9. The zero-order valence-electron chi connectivity index (χ0n) is 16.2. The van der Waals surface area contributed by atoms with E-state index in [1.807, 2.05) is 42.5 Å². The molecule has 1 aliphatic carbocycles. The fraction of sp³-hybridized carbons (Fsp3) is 0.280. The van der Waals surface area contributed by atoms with Crippen LogP contribution in [0.5, 0.6) is 11.5 Å². The lowest BCUT2D eigenvalue weighted by Crippen LogP contribution is -2.06. The topological polar surface area (TPSA) is 74.8 Å². The molecule has 5 heteroatoms. The van der Waals surface area contributed by atoms with Crippen molar-refractivity contribution in [3.05, 3.63) is 70.8 Å². The van der Waals surface area contributed by atoms with Gasteiger partial charge in [-0.3, -0.25) is 0 Å². The number of fused-ring (bicyclic) bond motifs is 9. The first-order valence-corrected chi connectivity index (χ1v) is 10.4. The summed E-state index contributed by atoms with van der Waals surface area (Å²) >= 11 is 0. The van der Waals surface area contributed by atoms with E-state index in [2.05, 4.69) is 0 Å². The minimum atomic E-state index is -0.119. The zero-order valence-corrected chi connectivity index (χ0v) is 16.2. The molecule has 4 aliphatic rings. The lowest BCUT2D eigenvalue weighted by Gasteiger charge is -2.20. The fourth-order valence-corrected chi connectivity index (χ4v) is 5.36. The average Bonchev–Trinajstić information content (AvgIpc) is 3.65. The first-order valence-electron chi connectivity index (χ1n) is 10.4. The Kier molecular flexibility index (Phi) is 3.29.